The maximum atomic E-state index is 13.8. The molecular weight excluding hydrogens is 327 g/mol. The van der Waals surface area contributed by atoms with Gasteiger partial charge in [0.25, 0.3) is 0 Å². The summed E-state index contributed by atoms with van der Waals surface area (Å²) in [6.45, 7) is 1.88. The fourth-order valence-corrected chi connectivity index (χ4v) is 2.97. The Bertz CT molecular complexity index is 555. The molecule has 0 aliphatic heterocycles. The van der Waals surface area contributed by atoms with Crippen molar-refractivity contribution in [3.63, 3.8) is 0 Å². The van der Waals surface area contributed by atoms with Gasteiger partial charge >= 0.3 is 0 Å². The Morgan fingerprint density at radius 1 is 1.47 bits per heavy atom. The molecule has 1 unspecified atom stereocenters. The molecule has 0 aliphatic carbocycles. The molecule has 0 amide bonds. The number of halogens is 3. The third-order valence-corrected chi connectivity index (χ3v) is 4.75. The Hall–Kier alpha value is -0.420. The van der Waals surface area contributed by atoms with E-state index >= 15 is 0 Å². The van der Waals surface area contributed by atoms with E-state index in [0.717, 1.165) is 10.4 Å². The Kier molecular flexibility index (Phi) is 3.88. The summed E-state index contributed by atoms with van der Waals surface area (Å²) in [5.41, 5.74) is 1.14. The summed E-state index contributed by atoms with van der Waals surface area (Å²) < 4.78 is 14.2. The first kappa shape index (κ1) is 13.0. The monoisotopic (exact) mass is 334 g/mol. The number of aryl methyl sites for hydroxylation is 1. The molecule has 0 bridgehead atoms. The largest absolute Gasteiger partial charge is 0.383 e. The minimum atomic E-state index is -0.972. The second-order valence-corrected chi connectivity index (χ2v) is 5.87. The fourth-order valence-electron chi connectivity index (χ4n) is 1.55. The summed E-state index contributed by atoms with van der Waals surface area (Å²) in [6, 6.07) is 4.61. The van der Waals surface area contributed by atoms with Crippen molar-refractivity contribution in [1.29, 1.82) is 0 Å². The van der Waals surface area contributed by atoms with Crippen LogP contribution in [-0.4, -0.2) is 5.11 Å². The average molecular weight is 336 g/mol. The number of hydrogen-bond donors (Lipinski definition) is 1. The zero-order chi connectivity index (χ0) is 12.6. The predicted octanol–water partition coefficient (Wildman–Crippen LogP) is 4.69. The van der Waals surface area contributed by atoms with Gasteiger partial charge in [0.2, 0.25) is 0 Å². The molecule has 1 N–H and O–H groups in total. The van der Waals surface area contributed by atoms with Crippen LogP contribution in [0.15, 0.2) is 28.1 Å². The predicted molar refractivity (Wildman–Crippen MR) is 72.2 cm³/mol. The molecule has 0 saturated heterocycles. The van der Waals surface area contributed by atoms with E-state index in [4.69, 9.17) is 11.6 Å². The standard InChI is InChI=1S/C12H9BrClFOS/c1-6-2-3-17-12(6)11(16)7-4-9(14)8(13)5-10(7)15/h2-5,11,16H,1H3. The van der Waals surface area contributed by atoms with Crippen LogP contribution in [0.3, 0.4) is 0 Å². The maximum absolute atomic E-state index is 13.8. The van der Waals surface area contributed by atoms with E-state index in [1.807, 2.05) is 18.4 Å². The van der Waals surface area contributed by atoms with Crippen molar-refractivity contribution in [2.45, 2.75) is 13.0 Å². The molecule has 2 aromatic rings. The lowest BCUT2D eigenvalue weighted by Gasteiger charge is -2.12. The summed E-state index contributed by atoms with van der Waals surface area (Å²) in [5, 5.41) is 12.4. The van der Waals surface area contributed by atoms with Gasteiger partial charge in [0.05, 0.1) is 5.02 Å². The number of benzene rings is 1. The normalized spacial score (nSPS) is 12.8. The number of aliphatic hydroxyl groups excluding tert-OH is 1. The van der Waals surface area contributed by atoms with Crippen LogP contribution in [-0.2, 0) is 0 Å². The van der Waals surface area contributed by atoms with Gasteiger partial charge in [-0.2, -0.15) is 0 Å². The third kappa shape index (κ3) is 2.55. The molecule has 1 atom stereocenters. The van der Waals surface area contributed by atoms with Crippen molar-refractivity contribution in [2.24, 2.45) is 0 Å². The van der Waals surface area contributed by atoms with Gasteiger partial charge in [-0.15, -0.1) is 11.3 Å². The molecule has 1 aromatic carbocycles. The summed E-state index contributed by atoms with van der Waals surface area (Å²) in [6.07, 6.45) is -0.972. The number of thiophene rings is 1. The molecule has 0 saturated carbocycles. The first-order valence-corrected chi connectivity index (χ1v) is 6.92. The van der Waals surface area contributed by atoms with Gasteiger partial charge < -0.3 is 5.11 Å². The zero-order valence-electron chi connectivity index (χ0n) is 8.88. The SMILES string of the molecule is Cc1ccsc1C(O)c1cc(Cl)c(Br)cc1F. The molecule has 2 rings (SSSR count). The molecule has 1 aromatic heterocycles. The molecule has 90 valence electrons. The fraction of sp³-hybridized carbons (Fsp3) is 0.167. The van der Waals surface area contributed by atoms with Crippen LogP contribution in [0.2, 0.25) is 5.02 Å². The highest BCUT2D eigenvalue weighted by Gasteiger charge is 2.19. The Labute approximate surface area is 116 Å². The molecular formula is C12H9BrClFOS. The summed E-state index contributed by atoms with van der Waals surface area (Å²) in [5.74, 6) is -0.471. The van der Waals surface area contributed by atoms with Crippen LogP contribution in [0.25, 0.3) is 0 Å². The van der Waals surface area contributed by atoms with Gasteiger partial charge in [-0.3, -0.25) is 0 Å². The van der Waals surface area contributed by atoms with Gasteiger partial charge in [0.15, 0.2) is 0 Å². The second-order valence-electron chi connectivity index (χ2n) is 3.66. The lowest BCUT2D eigenvalue weighted by Crippen LogP contribution is -2.02. The van der Waals surface area contributed by atoms with Crippen LogP contribution in [0, 0.1) is 12.7 Å². The van der Waals surface area contributed by atoms with Crippen molar-refractivity contribution in [1.82, 2.24) is 0 Å². The van der Waals surface area contributed by atoms with Crippen molar-refractivity contribution >= 4 is 38.9 Å². The lowest BCUT2D eigenvalue weighted by atomic mass is 10.1. The molecule has 1 nitrogen and oxygen atoms in total. The van der Waals surface area contributed by atoms with E-state index < -0.39 is 11.9 Å². The van der Waals surface area contributed by atoms with Crippen LogP contribution in [0.5, 0.6) is 0 Å². The molecule has 0 radical (unpaired) electrons. The topological polar surface area (TPSA) is 20.2 Å². The van der Waals surface area contributed by atoms with E-state index in [-0.39, 0.29) is 5.56 Å². The van der Waals surface area contributed by atoms with Crippen molar-refractivity contribution in [2.75, 3.05) is 0 Å². The summed E-state index contributed by atoms with van der Waals surface area (Å²) in [4.78, 5) is 0.738. The van der Waals surface area contributed by atoms with Crippen LogP contribution in [0.4, 0.5) is 4.39 Å². The molecule has 1 heterocycles. The maximum Gasteiger partial charge on any atom is 0.130 e. The van der Waals surface area contributed by atoms with Crippen LogP contribution < -0.4 is 0 Å². The van der Waals surface area contributed by atoms with Gasteiger partial charge in [-0.1, -0.05) is 11.6 Å². The summed E-state index contributed by atoms with van der Waals surface area (Å²) in [7, 11) is 0. The Morgan fingerprint density at radius 3 is 2.76 bits per heavy atom. The molecule has 17 heavy (non-hydrogen) atoms. The Morgan fingerprint density at radius 2 is 2.18 bits per heavy atom. The minimum absolute atomic E-state index is 0.198. The zero-order valence-corrected chi connectivity index (χ0v) is 12.0. The number of rotatable bonds is 2. The first-order chi connectivity index (χ1) is 8.00. The molecule has 0 fully saturated rings. The van der Waals surface area contributed by atoms with Crippen LogP contribution in [0.1, 0.15) is 22.1 Å². The first-order valence-electron chi connectivity index (χ1n) is 4.87. The highest BCUT2D eigenvalue weighted by atomic mass is 79.9. The van der Waals surface area contributed by atoms with Gasteiger partial charge in [-0.05, 0) is 52.0 Å². The molecule has 0 aliphatic rings. The van der Waals surface area contributed by atoms with Crippen LogP contribution >= 0.6 is 38.9 Å². The average Bonchev–Trinajstić information content (AvgIpc) is 2.69. The van der Waals surface area contributed by atoms with E-state index in [1.54, 1.807) is 0 Å². The van der Waals surface area contributed by atoms with Crippen molar-refractivity contribution in [3.8, 4) is 0 Å². The van der Waals surface area contributed by atoms with E-state index in [1.165, 1.54) is 23.5 Å². The molecule has 0 spiro atoms. The van der Waals surface area contributed by atoms with Gasteiger partial charge in [-0.25, -0.2) is 4.39 Å². The van der Waals surface area contributed by atoms with E-state index in [2.05, 4.69) is 15.9 Å². The molecule has 5 heteroatoms. The number of hydrogen-bond acceptors (Lipinski definition) is 2. The van der Waals surface area contributed by atoms with Gasteiger partial charge in [0.1, 0.15) is 11.9 Å². The lowest BCUT2D eigenvalue weighted by molar-refractivity contribution is 0.218. The second kappa shape index (κ2) is 5.06. The minimum Gasteiger partial charge on any atom is -0.383 e. The smallest absolute Gasteiger partial charge is 0.130 e. The van der Waals surface area contributed by atoms with Gasteiger partial charge in [0, 0.05) is 14.9 Å². The quantitative estimate of drug-likeness (QED) is 0.789. The van der Waals surface area contributed by atoms with Crippen molar-refractivity contribution < 1.29 is 9.50 Å². The third-order valence-electron chi connectivity index (χ3n) is 2.48. The van der Waals surface area contributed by atoms with E-state index in [0.29, 0.717) is 9.50 Å². The highest BCUT2D eigenvalue weighted by Crippen LogP contribution is 2.34. The summed E-state index contributed by atoms with van der Waals surface area (Å²) >= 11 is 10.5. The number of aliphatic hydroxyl groups is 1. The Balaban J connectivity index is 2.48. The van der Waals surface area contributed by atoms with E-state index in [9.17, 15) is 9.50 Å². The van der Waals surface area contributed by atoms with Crippen molar-refractivity contribution in [3.05, 3.63) is 54.9 Å². The highest BCUT2D eigenvalue weighted by molar-refractivity contribution is 9.10.